The van der Waals surface area contributed by atoms with Crippen LogP contribution in [-0.2, 0) is 9.53 Å². The van der Waals surface area contributed by atoms with Crippen LogP contribution in [-0.4, -0.2) is 66.9 Å². The summed E-state index contributed by atoms with van der Waals surface area (Å²) < 4.78 is 5.98. The minimum Gasteiger partial charge on any atom is -0.375 e. The number of carbonyl (C=O) groups is 1. The third-order valence-electron chi connectivity index (χ3n) is 4.79. The summed E-state index contributed by atoms with van der Waals surface area (Å²) in [6.07, 6.45) is 4.48. The number of thioether (sulfide) groups is 1. The molecule has 24 heavy (non-hydrogen) atoms. The number of rotatable bonds is 8. The van der Waals surface area contributed by atoms with Crippen molar-refractivity contribution in [2.75, 3.05) is 45.1 Å². The van der Waals surface area contributed by atoms with Crippen molar-refractivity contribution >= 4 is 17.7 Å². The van der Waals surface area contributed by atoms with Crippen molar-refractivity contribution in [2.45, 2.75) is 36.7 Å². The zero-order chi connectivity index (χ0) is 16.6. The van der Waals surface area contributed by atoms with Gasteiger partial charge in [0.15, 0.2) is 0 Å². The molecule has 0 radical (unpaired) electrons. The molecule has 2 aliphatic heterocycles. The van der Waals surface area contributed by atoms with Gasteiger partial charge in [0.1, 0.15) is 0 Å². The van der Waals surface area contributed by atoms with Crippen LogP contribution in [0, 0.1) is 0 Å². The van der Waals surface area contributed by atoms with E-state index in [1.54, 1.807) is 11.8 Å². The number of benzene rings is 1. The maximum absolute atomic E-state index is 12.3. The van der Waals surface area contributed by atoms with E-state index < -0.39 is 0 Å². The molecule has 1 unspecified atom stereocenters. The molecule has 0 N–H and O–H groups in total. The molecule has 3 rings (SSSR count). The fourth-order valence-electron chi connectivity index (χ4n) is 3.38. The first-order valence-electron chi connectivity index (χ1n) is 9.11. The van der Waals surface area contributed by atoms with E-state index in [1.165, 1.54) is 30.8 Å². The summed E-state index contributed by atoms with van der Waals surface area (Å²) in [6.45, 7) is 5.90. The molecule has 2 fully saturated rings. The fraction of sp³-hybridized carbons (Fsp3) is 0.632. The van der Waals surface area contributed by atoms with Gasteiger partial charge in [-0.05, 0) is 44.5 Å². The van der Waals surface area contributed by atoms with Gasteiger partial charge < -0.3 is 14.5 Å². The summed E-state index contributed by atoms with van der Waals surface area (Å²) in [6, 6.07) is 10.3. The second-order valence-corrected chi connectivity index (χ2v) is 7.75. The first-order valence-corrected chi connectivity index (χ1v) is 10.1. The molecule has 0 spiro atoms. The highest BCUT2D eigenvalue weighted by molar-refractivity contribution is 7.99. The quantitative estimate of drug-likeness (QED) is 0.676. The molecule has 5 heteroatoms. The Labute approximate surface area is 149 Å². The van der Waals surface area contributed by atoms with Gasteiger partial charge in [-0.1, -0.05) is 18.2 Å². The Morgan fingerprint density at radius 3 is 2.75 bits per heavy atom. The Morgan fingerprint density at radius 2 is 1.96 bits per heavy atom. The predicted octanol–water partition coefficient (Wildman–Crippen LogP) is 2.88. The van der Waals surface area contributed by atoms with Gasteiger partial charge in [-0.2, -0.15) is 0 Å². The van der Waals surface area contributed by atoms with Crippen LogP contribution >= 0.6 is 11.8 Å². The molecule has 132 valence electrons. The topological polar surface area (TPSA) is 32.8 Å². The van der Waals surface area contributed by atoms with E-state index >= 15 is 0 Å². The maximum atomic E-state index is 12.3. The van der Waals surface area contributed by atoms with Gasteiger partial charge in [0.2, 0.25) is 5.91 Å². The van der Waals surface area contributed by atoms with Gasteiger partial charge in [-0.3, -0.25) is 4.79 Å². The zero-order valence-electron chi connectivity index (χ0n) is 14.4. The molecule has 2 heterocycles. The SMILES string of the molecule is O=C(CCSc1ccccc1)N1CCC(OCCN2CCCC2)C1. The lowest BCUT2D eigenvalue weighted by Crippen LogP contribution is -2.31. The van der Waals surface area contributed by atoms with Crippen LogP contribution in [0.4, 0.5) is 0 Å². The fourth-order valence-corrected chi connectivity index (χ4v) is 4.24. The van der Waals surface area contributed by atoms with E-state index in [9.17, 15) is 4.79 Å². The van der Waals surface area contributed by atoms with Crippen molar-refractivity contribution in [2.24, 2.45) is 0 Å². The van der Waals surface area contributed by atoms with Crippen molar-refractivity contribution < 1.29 is 9.53 Å². The lowest BCUT2D eigenvalue weighted by Gasteiger charge is -2.18. The Kier molecular flexibility index (Phi) is 6.99. The highest BCUT2D eigenvalue weighted by Gasteiger charge is 2.26. The molecule has 2 saturated heterocycles. The number of hydrogen-bond acceptors (Lipinski definition) is 4. The number of likely N-dealkylation sites (tertiary alicyclic amines) is 2. The molecule has 4 nitrogen and oxygen atoms in total. The van der Waals surface area contributed by atoms with Crippen LogP contribution in [0.1, 0.15) is 25.7 Å². The highest BCUT2D eigenvalue weighted by atomic mass is 32.2. The van der Waals surface area contributed by atoms with Gasteiger partial charge >= 0.3 is 0 Å². The lowest BCUT2D eigenvalue weighted by molar-refractivity contribution is -0.130. The number of ether oxygens (including phenoxy) is 1. The van der Waals surface area contributed by atoms with Crippen LogP contribution in [0.25, 0.3) is 0 Å². The van der Waals surface area contributed by atoms with Gasteiger partial charge in [0.25, 0.3) is 0 Å². The van der Waals surface area contributed by atoms with E-state index in [1.807, 2.05) is 23.1 Å². The Bertz CT molecular complexity index is 505. The number of hydrogen-bond donors (Lipinski definition) is 0. The van der Waals surface area contributed by atoms with E-state index in [0.29, 0.717) is 6.42 Å². The molecular weight excluding hydrogens is 320 g/mol. The van der Waals surface area contributed by atoms with Crippen molar-refractivity contribution in [1.29, 1.82) is 0 Å². The van der Waals surface area contributed by atoms with Crippen molar-refractivity contribution in [3.8, 4) is 0 Å². The molecule has 1 aromatic rings. The summed E-state index contributed by atoms with van der Waals surface area (Å²) in [5.74, 6) is 1.11. The summed E-state index contributed by atoms with van der Waals surface area (Å²) in [5.41, 5.74) is 0. The van der Waals surface area contributed by atoms with Crippen LogP contribution in [0.15, 0.2) is 35.2 Å². The second kappa shape index (κ2) is 9.44. The number of carbonyl (C=O) groups excluding carboxylic acids is 1. The molecule has 0 aliphatic carbocycles. The van der Waals surface area contributed by atoms with E-state index in [4.69, 9.17) is 4.74 Å². The smallest absolute Gasteiger partial charge is 0.223 e. The largest absolute Gasteiger partial charge is 0.375 e. The average Bonchev–Trinajstić information content (AvgIpc) is 3.28. The molecule has 1 amide bonds. The Morgan fingerprint density at radius 1 is 1.17 bits per heavy atom. The zero-order valence-corrected chi connectivity index (χ0v) is 15.2. The first kappa shape index (κ1) is 17.8. The summed E-state index contributed by atoms with van der Waals surface area (Å²) >= 11 is 1.75. The lowest BCUT2D eigenvalue weighted by atomic mass is 10.3. The monoisotopic (exact) mass is 348 g/mol. The summed E-state index contributed by atoms with van der Waals surface area (Å²) in [7, 11) is 0. The molecule has 1 aromatic carbocycles. The summed E-state index contributed by atoms with van der Waals surface area (Å²) in [4.78, 5) is 18.0. The van der Waals surface area contributed by atoms with E-state index in [0.717, 1.165) is 38.4 Å². The second-order valence-electron chi connectivity index (χ2n) is 6.58. The number of amides is 1. The van der Waals surface area contributed by atoms with Crippen molar-refractivity contribution in [3.63, 3.8) is 0 Å². The van der Waals surface area contributed by atoms with Gasteiger partial charge in [0, 0.05) is 36.7 Å². The highest BCUT2D eigenvalue weighted by Crippen LogP contribution is 2.20. The molecular formula is C19H28N2O2S. The van der Waals surface area contributed by atoms with Crippen molar-refractivity contribution in [1.82, 2.24) is 9.80 Å². The Hall–Kier alpha value is -1.04. The van der Waals surface area contributed by atoms with Crippen molar-refractivity contribution in [3.05, 3.63) is 30.3 Å². The first-order chi connectivity index (χ1) is 11.8. The Balaban J connectivity index is 1.29. The molecule has 0 bridgehead atoms. The minimum atomic E-state index is 0.235. The standard InChI is InChI=1S/C19H28N2O2S/c22-19(9-15-24-18-6-2-1-3-7-18)21-12-8-17(16-21)23-14-13-20-10-4-5-11-20/h1-3,6-7,17H,4-5,8-16H2. The average molecular weight is 349 g/mol. The molecule has 0 aromatic heterocycles. The summed E-state index contributed by atoms with van der Waals surface area (Å²) in [5, 5.41) is 0. The maximum Gasteiger partial charge on any atom is 0.223 e. The molecule has 1 atom stereocenters. The van der Waals surface area contributed by atoms with Crippen LogP contribution < -0.4 is 0 Å². The normalized spacial score (nSPS) is 21.5. The van der Waals surface area contributed by atoms with Crippen LogP contribution in [0.3, 0.4) is 0 Å². The number of nitrogens with zero attached hydrogens (tertiary/aromatic N) is 2. The van der Waals surface area contributed by atoms with Crippen LogP contribution in [0.2, 0.25) is 0 Å². The molecule has 0 saturated carbocycles. The predicted molar refractivity (Wildman–Crippen MR) is 98.4 cm³/mol. The third-order valence-corrected chi connectivity index (χ3v) is 5.80. The van der Waals surface area contributed by atoms with Gasteiger partial charge in [0.05, 0.1) is 12.7 Å². The third kappa shape index (κ3) is 5.50. The van der Waals surface area contributed by atoms with E-state index in [-0.39, 0.29) is 12.0 Å². The van der Waals surface area contributed by atoms with Crippen LogP contribution in [0.5, 0.6) is 0 Å². The molecule has 2 aliphatic rings. The van der Waals surface area contributed by atoms with Gasteiger partial charge in [-0.25, -0.2) is 0 Å². The minimum absolute atomic E-state index is 0.235. The van der Waals surface area contributed by atoms with Gasteiger partial charge in [-0.15, -0.1) is 11.8 Å². The van der Waals surface area contributed by atoms with E-state index in [2.05, 4.69) is 17.0 Å².